The van der Waals surface area contributed by atoms with Gasteiger partial charge in [0.15, 0.2) is 0 Å². The Morgan fingerprint density at radius 3 is 2.18 bits per heavy atom. The van der Waals surface area contributed by atoms with Crippen LogP contribution in [0.25, 0.3) is 22.2 Å². The second-order valence-electron chi connectivity index (χ2n) is 21.9. The van der Waals surface area contributed by atoms with Gasteiger partial charge in [0.05, 0.1) is 65.3 Å². The summed E-state index contributed by atoms with van der Waals surface area (Å²) < 4.78 is 36.0. The second-order valence-corrected chi connectivity index (χ2v) is 23.0. The van der Waals surface area contributed by atoms with Crippen molar-refractivity contribution in [1.82, 2.24) is 51.3 Å². The third-order valence-corrected chi connectivity index (χ3v) is 18.1. The zero-order valence-corrected chi connectivity index (χ0v) is 43.0. The quantitative estimate of drug-likeness (QED) is 0.0892. The first-order chi connectivity index (χ1) is 34.7. The lowest BCUT2D eigenvalue weighted by Gasteiger charge is -2.36. The van der Waals surface area contributed by atoms with Crippen LogP contribution >= 0.6 is 11.3 Å². The van der Waals surface area contributed by atoms with Crippen molar-refractivity contribution in [3.8, 4) is 17.0 Å². The van der Waals surface area contributed by atoms with Gasteiger partial charge in [0.2, 0.25) is 18.0 Å². The van der Waals surface area contributed by atoms with Gasteiger partial charge in [-0.2, -0.15) is 0 Å². The summed E-state index contributed by atoms with van der Waals surface area (Å²) in [5.74, 6) is 0.860. The predicted molar refractivity (Wildman–Crippen MR) is 270 cm³/mol. The zero-order chi connectivity index (χ0) is 50.3. The van der Waals surface area contributed by atoms with E-state index in [1.54, 1.807) is 17.4 Å². The SMILES string of the molecule is COC(=O)NC(C(=O)N1CCC[C@H]1C1NCC(c2cc(F)c3c(c2)OC(c2cnc(C4CCCC4)s2)n2c-3cc3cc(C4CNC([C@@H]5CC6C(C)C6N5C(=O)C(NC(=O)OC)C(C)C)N4)ccc32)N1)C(C)C. The fraction of sp³-hybridized carbons (Fsp3) is 0.604. The molecule has 11 rings (SSSR count). The highest BCUT2D eigenvalue weighted by Gasteiger charge is 2.62. The van der Waals surface area contributed by atoms with Crippen LogP contribution < -0.4 is 36.6 Å². The number of fused-ring (bicyclic) bond motifs is 6. The van der Waals surface area contributed by atoms with Crippen molar-refractivity contribution in [2.75, 3.05) is 33.9 Å². The van der Waals surface area contributed by atoms with Gasteiger partial charge in [-0.05, 0) is 97.2 Å². The molecule has 2 saturated carbocycles. The van der Waals surface area contributed by atoms with Crippen LogP contribution in [0.1, 0.15) is 125 Å². The summed E-state index contributed by atoms with van der Waals surface area (Å²) in [7, 11) is 2.60. The maximum atomic E-state index is 17.1. The molecule has 0 radical (unpaired) electrons. The lowest BCUT2D eigenvalue weighted by Crippen LogP contribution is -2.59. The molecule has 6 N–H and O–H groups in total. The van der Waals surface area contributed by atoms with E-state index in [2.05, 4.69) is 67.7 Å². The molecule has 4 amide bonds. The molecule has 7 aliphatic rings. The second kappa shape index (κ2) is 19.5. The van der Waals surface area contributed by atoms with Crippen LogP contribution in [0.4, 0.5) is 14.0 Å². The zero-order valence-electron chi connectivity index (χ0n) is 42.2. The number of rotatable bonds is 12. The van der Waals surface area contributed by atoms with E-state index in [0.717, 1.165) is 69.7 Å². The topological polar surface area (TPSA) is 192 Å². The summed E-state index contributed by atoms with van der Waals surface area (Å²) in [5, 5.41) is 22.4. The lowest BCUT2D eigenvalue weighted by atomic mass is 10.00. The lowest BCUT2D eigenvalue weighted by molar-refractivity contribution is -0.137. The molecule has 2 aromatic heterocycles. The molecule has 2 aromatic carbocycles. The predicted octanol–water partition coefficient (Wildman–Crippen LogP) is 6.61. The van der Waals surface area contributed by atoms with E-state index in [1.807, 2.05) is 49.8 Å². The maximum Gasteiger partial charge on any atom is 0.407 e. The number of aromatic nitrogens is 2. The molecule has 4 saturated heterocycles. The van der Waals surface area contributed by atoms with Crippen molar-refractivity contribution in [1.29, 1.82) is 0 Å². The van der Waals surface area contributed by atoms with E-state index < -0.39 is 30.5 Å². The molecule has 6 fully saturated rings. The molecule has 2 aliphatic carbocycles. The minimum Gasteiger partial charge on any atom is -0.464 e. The first-order valence-electron chi connectivity index (χ1n) is 26.1. The number of ether oxygens (including phenoxy) is 3. The van der Waals surface area contributed by atoms with Crippen LogP contribution in [-0.2, 0) is 19.1 Å². The van der Waals surface area contributed by atoms with E-state index >= 15 is 4.39 Å². The van der Waals surface area contributed by atoms with E-state index in [9.17, 15) is 19.2 Å². The van der Waals surface area contributed by atoms with E-state index in [4.69, 9.17) is 19.2 Å². The van der Waals surface area contributed by atoms with Crippen LogP contribution in [0.2, 0.25) is 0 Å². The molecule has 0 bridgehead atoms. The standard InChI is InChI=1S/C53H69FN10O7S/c1-25(2)43(60-52(67)69-6)49(65)62-16-10-13-37(62)46-55-23-35(59-46)30-18-33(54)42-38-19-31-17-29(14-15-36(31)63(38)51(71-40(42)20-30)41-24-57-48(72-41)28-11-8-9-12-28)34-22-56-47(58-34)39-21-32-27(5)45(32)64(39)50(66)44(26(3)4)61-53(68)70-7/h14-15,17-20,24-28,32,34-35,37,39,43-47,51,55-56,58-59H,8-13,16,21-23H2,1-7H3,(H,60,67)(H,61,68)/t27?,32?,34?,35?,37-,39-,43?,44?,45?,46?,47?,51?/m0/s1. The van der Waals surface area contributed by atoms with Gasteiger partial charge in [0, 0.05) is 55.3 Å². The van der Waals surface area contributed by atoms with Gasteiger partial charge in [-0.1, -0.05) is 53.5 Å². The smallest absolute Gasteiger partial charge is 0.407 e. The first-order valence-corrected chi connectivity index (χ1v) is 27.0. The molecule has 386 valence electrons. The number of carbonyl (C=O) groups excluding carboxylic acids is 4. The Morgan fingerprint density at radius 2 is 1.50 bits per heavy atom. The first kappa shape index (κ1) is 48.9. The summed E-state index contributed by atoms with van der Waals surface area (Å²) in [6, 6.07) is 10.3. The van der Waals surface area contributed by atoms with Crippen molar-refractivity contribution < 1.29 is 37.8 Å². The molecule has 5 aliphatic heterocycles. The minimum absolute atomic E-state index is 0.0512. The fourth-order valence-corrected chi connectivity index (χ4v) is 14.1. The number of methoxy groups -OCH3 is 2. The highest BCUT2D eigenvalue weighted by atomic mass is 32.1. The monoisotopic (exact) mass is 1010 g/mol. The van der Waals surface area contributed by atoms with Crippen LogP contribution in [-0.4, -0.2) is 120 Å². The third-order valence-electron chi connectivity index (χ3n) is 16.9. The van der Waals surface area contributed by atoms with E-state index in [0.29, 0.717) is 48.7 Å². The van der Waals surface area contributed by atoms with Crippen LogP contribution in [0.3, 0.4) is 0 Å². The molecular weight excluding hydrogens is 940 g/mol. The Bertz CT molecular complexity index is 2740. The number of likely N-dealkylation sites (tertiary alicyclic amines) is 2. The fourth-order valence-electron chi connectivity index (χ4n) is 13.0. The van der Waals surface area contributed by atoms with Crippen LogP contribution in [0, 0.1) is 29.5 Å². The number of hydrogen-bond donors (Lipinski definition) is 6. The molecule has 10 unspecified atom stereocenters. The summed E-state index contributed by atoms with van der Waals surface area (Å²) in [6.07, 6.45) is 6.85. The van der Waals surface area contributed by atoms with E-state index in [-0.39, 0.29) is 72.0 Å². The average Bonchev–Trinajstić information content (AvgIpc) is 4.20. The molecule has 12 atom stereocenters. The number of thiazole rings is 1. The highest BCUT2D eigenvalue weighted by molar-refractivity contribution is 7.11. The summed E-state index contributed by atoms with van der Waals surface area (Å²) >= 11 is 1.69. The summed E-state index contributed by atoms with van der Waals surface area (Å²) in [6.45, 7) is 11.6. The number of piperidine rings is 1. The van der Waals surface area contributed by atoms with Crippen molar-refractivity contribution in [3.63, 3.8) is 0 Å². The van der Waals surface area contributed by atoms with Crippen LogP contribution in [0.15, 0.2) is 42.6 Å². The van der Waals surface area contributed by atoms with Crippen molar-refractivity contribution in [2.45, 2.75) is 146 Å². The van der Waals surface area contributed by atoms with Gasteiger partial charge in [-0.25, -0.2) is 19.0 Å². The number of alkyl carbamates (subject to hydrolysis) is 2. The van der Waals surface area contributed by atoms with Crippen molar-refractivity contribution in [3.05, 3.63) is 69.4 Å². The van der Waals surface area contributed by atoms with Gasteiger partial charge in [-0.3, -0.25) is 35.4 Å². The number of carbonyl (C=O) groups is 4. The van der Waals surface area contributed by atoms with Gasteiger partial charge in [0.1, 0.15) is 23.7 Å². The van der Waals surface area contributed by atoms with Gasteiger partial charge in [-0.15, -0.1) is 11.3 Å². The molecule has 17 nitrogen and oxygen atoms in total. The van der Waals surface area contributed by atoms with Crippen LogP contribution in [0.5, 0.6) is 5.75 Å². The number of amides is 4. The summed E-state index contributed by atoms with van der Waals surface area (Å²) in [4.78, 5) is 62.5. The van der Waals surface area contributed by atoms with Gasteiger partial charge in [0.25, 0.3) is 0 Å². The largest absolute Gasteiger partial charge is 0.464 e. The van der Waals surface area contributed by atoms with Gasteiger partial charge >= 0.3 is 12.2 Å². The van der Waals surface area contributed by atoms with Gasteiger partial charge < -0.3 is 34.6 Å². The number of hydrogen-bond acceptors (Lipinski definition) is 13. The summed E-state index contributed by atoms with van der Waals surface area (Å²) in [5.41, 5.74) is 3.88. The number of benzene rings is 2. The molecular formula is C53H69FN10O7S. The highest BCUT2D eigenvalue weighted by Crippen LogP contribution is 2.54. The number of nitrogens with zero attached hydrogens (tertiary/aromatic N) is 4. The van der Waals surface area contributed by atoms with Crippen molar-refractivity contribution >= 4 is 46.2 Å². The Kier molecular flexibility index (Phi) is 13.2. The maximum absolute atomic E-state index is 17.1. The molecule has 72 heavy (non-hydrogen) atoms. The number of nitrogens with one attached hydrogen (secondary N) is 6. The normalized spacial score (nSPS) is 29.5. The Balaban J connectivity index is 0.867. The molecule has 7 heterocycles. The molecule has 4 aromatic rings. The average molecular weight is 1010 g/mol. The Morgan fingerprint density at radius 1 is 0.833 bits per heavy atom. The Hall–Kier alpha value is -5.34. The van der Waals surface area contributed by atoms with Crippen molar-refractivity contribution in [2.24, 2.45) is 23.7 Å². The van der Waals surface area contributed by atoms with E-state index in [1.165, 1.54) is 27.1 Å². The number of halogens is 1. The molecule has 19 heteroatoms. The Labute approximate surface area is 424 Å². The molecule has 0 spiro atoms. The minimum atomic E-state index is -0.724. The third kappa shape index (κ3) is 8.69.